The van der Waals surface area contributed by atoms with Gasteiger partial charge in [-0.15, -0.1) is 0 Å². The van der Waals surface area contributed by atoms with Gasteiger partial charge in [-0.1, -0.05) is 17.7 Å². The molecule has 1 N–H and O–H groups in total. The third-order valence-corrected chi connectivity index (χ3v) is 3.53. The molecule has 4 heteroatoms. The SMILES string of the molecule is Cc1cc(C)c2cc(NS(C)(=O)=O)c(C)cc2c1. The zero-order valence-corrected chi connectivity index (χ0v) is 11.9. The van der Waals surface area contributed by atoms with Crippen LogP contribution >= 0.6 is 0 Å². The lowest BCUT2D eigenvalue weighted by Gasteiger charge is -2.11. The van der Waals surface area contributed by atoms with E-state index in [1.165, 1.54) is 11.8 Å². The number of hydrogen-bond acceptors (Lipinski definition) is 2. The number of aryl methyl sites for hydroxylation is 3. The first-order chi connectivity index (χ1) is 8.26. The summed E-state index contributed by atoms with van der Waals surface area (Å²) in [5.74, 6) is 0. The second-order valence-electron chi connectivity index (χ2n) is 4.84. The predicted molar refractivity (Wildman–Crippen MR) is 76.6 cm³/mol. The molecule has 0 saturated carbocycles. The van der Waals surface area contributed by atoms with E-state index in [2.05, 4.69) is 23.8 Å². The first-order valence-corrected chi connectivity index (χ1v) is 7.65. The van der Waals surface area contributed by atoms with Gasteiger partial charge in [0.2, 0.25) is 10.0 Å². The van der Waals surface area contributed by atoms with Crippen LogP contribution in [-0.2, 0) is 10.0 Å². The van der Waals surface area contributed by atoms with Gasteiger partial charge < -0.3 is 0 Å². The summed E-state index contributed by atoms with van der Waals surface area (Å²) in [7, 11) is -3.24. The van der Waals surface area contributed by atoms with Crippen molar-refractivity contribution in [3.63, 3.8) is 0 Å². The quantitative estimate of drug-likeness (QED) is 0.904. The lowest BCUT2D eigenvalue weighted by atomic mass is 9.99. The van der Waals surface area contributed by atoms with Crippen LogP contribution < -0.4 is 4.72 Å². The number of anilines is 1. The Morgan fingerprint density at radius 3 is 2.22 bits per heavy atom. The number of hydrogen-bond donors (Lipinski definition) is 1. The third-order valence-electron chi connectivity index (χ3n) is 2.94. The van der Waals surface area contributed by atoms with Crippen molar-refractivity contribution in [2.75, 3.05) is 11.0 Å². The van der Waals surface area contributed by atoms with E-state index in [-0.39, 0.29) is 0 Å². The van der Waals surface area contributed by atoms with Gasteiger partial charge in [0.15, 0.2) is 0 Å². The van der Waals surface area contributed by atoms with Crippen LogP contribution in [0.25, 0.3) is 10.8 Å². The van der Waals surface area contributed by atoms with Crippen molar-refractivity contribution < 1.29 is 8.42 Å². The van der Waals surface area contributed by atoms with Crippen molar-refractivity contribution in [1.82, 2.24) is 0 Å². The fraction of sp³-hybridized carbons (Fsp3) is 0.286. The highest BCUT2D eigenvalue weighted by Gasteiger charge is 2.08. The molecule has 0 fully saturated rings. The predicted octanol–water partition coefficient (Wildman–Crippen LogP) is 3.14. The zero-order valence-electron chi connectivity index (χ0n) is 11.0. The second-order valence-corrected chi connectivity index (χ2v) is 6.59. The molecule has 2 rings (SSSR count). The third kappa shape index (κ3) is 2.64. The Morgan fingerprint density at radius 2 is 1.61 bits per heavy atom. The summed E-state index contributed by atoms with van der Waals surface area (Å²) in [5, 5.41) is 2.22. The van der Waals surface area contributed by atoms with Gasteiger partial charge in [0.25, 0.3) is 0 Å². The maximum absolute atomic E-state index is 11.3. The lowest BCUT2D eigenvalue weighted by Crippen LogP contribution is -2.10. The maximum Gasteiger partial charge on any atom is 0.229 e. The van der Waals surface area contributed by atoms with E-state index in [9.17, 15) is 8.42 Å². The summed E-state index contributed by atoms with van der Waals surface area (Å²) in [6.07, 6.45) is 1.17. The van der Waals surface area contributed by atoms with Gasteiger partial charge in [0.05, 0.1) is 11.9 Å². The Balaban J connectivity index is 2.68. The van der Waals surface area contributed by atoms with E-state index in [1.54, 1.807) is 0 Å². The Bertz CT molecular complexity index is 718. The van der Waals surface area contributed by atoms with Gasteiger partial charge in [-0.3, -0.25) is 4.72 Å². The first-order valence-electron chi connectivity index (χ1n) is 5.76. The smallest absolute Gasteiger partial charge is 0.229 e. The number of benzene rings is 2. The minimum absolute atomic E-state index is 0.650. The standard InChI is InChI=1S/C14H17NO2S/c1-9-5-10(2)13-8-14(15-18(4,16)17)11(3)7-12(13)6-9/h5-8,15H,1-4H3. The van der Waals surface area contributed by atoms with Crippen molar-refractivity contribution in [3.8, 4) is 0 Å². The highest BCUT2D eigenvalue weighted by molar-refractivity contribution is 7.92. The van der Waals surface area contributed by atoms with Gasteiger partial charge in [-0.2, -0.15) is 0 Å². The highest BCUT2D eigenvalue weighted by Crippen LogP contribution is 2.27. The van der Waals surface area contributed by atoms with Gasteiger partial charge in [-0.25, -0.2) is 8.42 Å². The van der Waals surface area contributed by atoms with Gasteiger partial charge >= 0.3 is 0 Å². The summed E-state index contributed by atoms with van der Waals surface area (Å²) < 4.78 is 25.2. The van der Waals surface area contributed by atoms with Crippen molar-refractivity contribution in [2.45, 2.75) is 20.8 Å². The molecule has 0 aliphatic carbocycles. The van der Waals surface area contributed by atoms with Crippen molar-refractivity contribution in [3.05, 3.63) is 41.0 Å². The second kappa shape index (κ2) is 4.28. The minimum Gasteiger partial charge on any atom is -0.283 e. The molecule has 0 atom stereocenters. The molecule has 0 heterocycles. The van der Waals surface area contributed by atoms with E-state index in [0.29, 0.717) is 5.69 Å². The topological polar surface area (TPSA) is 46.2 Å². The summed E-state index contributed by atoms with van der Waals surface area (Å²) in [4.78, 5) is 0. The van der Waals surface area contributed by atoms with E-state index >= 15 is 0 Å². The molecule has 2 aromatic carbocycles. The van der Waals surface area contributed by atoms with Crippen LogP contribution in [0.15, 0.2) is 24.3 Å². The molecule has 0 unspecified atom stereocenters. The summed E-state index contributed by atoms with van der Waals surface area (Å²) in [6, 6.07) is 8.13. The Labute approximate surface area is 108 Å². The van der Waals surface area contributed by atoms with Crippen molar-refractivity contribution >= 4 is 26.5 Å². The number of sulfonamides is 1. The molecule has 96 valence electrons. The summed E-state index contributed by atoms with van der Waals surface area (Å²) >= 11 is 0. The lowest BCUT2D eigenvalue weighted by molar-refractivity contribution is 0.607. The van der Waals surface area contributed by atoms with Crippen LogP contribution in [0, 0.1) is 20.8 Å². The number of fused-ring (bicyclic) bond motifs is 1. The fourth-order valence-corrected chi connectivity index (χ4v) is 2.83. The molecule has 2 aromatic rings. The Morgan fingerprint density at radius 1 is 0.944 bits per heavy atom. The zero-order chi connectivity index (χ0) is 13.5. The molecular formula is C14H17NO2S. The van der Waals surface area contributed by atoms with E-state index in [1.807, 2.05) is 26.0 Å². The van der Waals surface area contributed by atoms with Crippen LogP contribution in [0.1, 0.15) is 16.7 Å². The molecule has 0 amide bonds. The fourth-order valence-electron chi connectivity index (χ4n) is 2.21. The van der Waals surface area contributed by atoms with E-state index < -0.39 is 10.0 Å². The normalized spacial score (nSPS) is 11.8. The molecule has 0 radical (unpaired) electrons. The van der Waals surface area contributed by atoms with Gasteiger partial charge in [0.1, 0.15) is 0 Å². The average molecular weight is 263 g/mol. The van der Waals surface area contributed by atoms with Crippen LogP contribution in [-0.4, -0.2) is 14.7 Å². The Hall–Kier alpha value is -1.55. The van der Waals surface area contributed by atoms with Crippen molar-refractivity contribution in [2.24, 2.45) is 0 Å². The van der Waals surface area contributed by atoms with Gasteiger partial charge in [-0.05, 0) is 54.8 Å². The highest BCUT2D eigenvalue weighted by atomic mass is 32.2. The molecule has 0 spiro atoms. The van der Waals surface area contributed by atoms with Crippen LogP contribution in [0.2, 0.25) is 0 Å². The minimum atomic E-state index is -3.24. The van der Waals surface area contributed by atoms with Crippen LogP contribution in [0.5, 0.6) is 0 Å². The molecule has 0 aliphatic heterocycles. The van der Waals surface area contributed by atoms with E-state index in [0.717, 1.165) is 21.9 Å². The van der Waals surface area contributed by atoms with Gasteiger partial charge in [0, 0.05) is 0 Å². The van der Waals surface area contributed by atoms with E-state index in [4.69, 9.17) is 0 Å². The number of rotatable bonds is 2. The largest absolute Gasteiger partial charge is 0.283 e. The summed E-state index contributed by atoms with van der Waals surface area (Å²) in [6.45, 7) is 6.00. The van der Waals surface area contributed by atoms with Crippen molar-refractivity contribution in [1.29, 1.82) is 0 Å². The maximum atomic E-state index is 11.3. The molecule has 18 heavy (non-hydrogen) atoms. The molecule has 3 nitrogen and oxygen atoms in total. The number of nitrogens with one attached hydrogen (secondary N) is 1. The first kappa shape index (κ1) is 12.9. The molecular weight excluding hydrogens is 246 g/mol. The Kier molecular flexibility index (Phi) is 3.07. The summed E-state index contributed by atoms with van der Waals surface area (Å²) in [5.41, 5.74) is 3.94. The van der Waals surface area contributed by atoms with Crippen LogP contribution in [0.3, 0.4) is 0 Å². The molecule has 0 aromatic heterocycles. The molecule has 0 saturated heterocycles. The molecule has 0 bridgehead atoms. The molecule has 0 aliphatic rings. The monoisotopic (exact) mass is 263 g/mol. The van der Waals surface area contributed by atoms with Crippen LogP contribution in [0.4, 0.5) is 5.69 Å². The average Bonchev–Trinajstić information content (AvgIpc) is 2.18.